The van der Waals surface area contributed by atoms with Gasteiger partial charge in [-0.15, -0.1) is 10.2 Å². The molecular formula is C19H15F2N5O. The first-order valence-corrected chi connectivity index (χ1v) is 8.48. The lowest BCUT2D eigenvalue weighted by atomic mass is 9.99. The molecule has 136 valence electrons. The zero-order valence-corrected chi connectivity index (χ0v) is 14.2. The highest BCUT2D eigenvalue weighted by molar-refractivity contribution is 5.96. The molecule has 27 heavy (non-hydrogen) atoms. The van der Waals surface area contributed by atoms with E-state index in [0.29, 0.717) is 24.5 Å². The van der Waals surface area contributed by atoms with Crippen LogP contribution in [0.25, 0.3) is 11.3 Å². The highest BCUT2D eigenvalue weighted by atomic mass is 19.1. The summed E-state index contributed by atoms with van der Waals surface area (Å²) in [7, 11) is 0. The first-order chi connectivity index (χ1) is 13.1. The van der Waals surface area contributed by atoms with Crippen molar-refractivity contribution in [2.45, 2.75) is 12.8 Å². The molecule has 0 aromatic carbocycles. The fourth-order valence-electron chi connectivity index (χ4n) is 3.16. The maximum absolute atomic E-state index is 13.8. The van der Waals surface area contributed by atoms with Crippen molar-refractivity contribution < 1.29 is 13.6 Å². The zero-order valence-electron chi connectivity index (χ0n) is 14.2. The number of carbonyl (C=O) groups is 1. The molecule has 1 saturated heterocycles. The highest BCUT2D eigenvalue weighted by Crippen LogP contribution is 2.27. The Labute approximate surface area is 153 Å². The van der Waals surface area contributed by atoms with Gasteiger partial charge in [0, 0.05) is 36.0 Å². The second kappa shape index (κ2) is 7.14. The van der Waals surface area contributed by atoms with E-state index in [1.165, 1.54) is 6.07 Å². The van der Waals surface area contributed by atoms with Crippen LogP contribution < -0.4 is 4.90 Å². The normalized spacial score (nSPS) is 16.7. The summed E-state index contributed by atoms with van der Waals surface area (Å²) >= 11 is 0. The van der Waals surface area contributed by atoms with Crippen LogP contribution in [-0.2, 0) is 11.2 Å². The van der Waals surface area contributed by atoms with Gasteiger partial charge >= 0.3 is 0 Å². The molecule has 0 unspecified atom stereocenters. The van der Waals surface area contributed by atoms with E-state index in [-0.39, 0.29) is 17.9 Å². The number of amides is 1. The Bertz CT molecular complexity index is 966. The van der Waals surface area contributed by atoms with Crippen molar-refractivity contribution in [2.75, 3.05) is 11.4 Å². The Hall–Kier alpha value is -3.29. The Balaban J connectivity index is 1.48. The van der Waals surface area contributed by atoms with Crippen molar-refractivity contribution in [3.05, 3.63) is 66.3 Å². The van der Waals surface area contributed by atoms with Crippen LogP contribution in [-0.4, -0.2) is 32.6 Å². The third kappa shape index (κ3) is 3.51. The summed E-state index contributed by atoms with van der Waals surface area (Å²) < 4.78 is 26.7. The minimum Gasteiger partial charge on any atom is -0.295 e. The van der Waals surface area contributed by atoms with Gasteiger partial charge in [-0.1, -0.05) is 0 Å². The van der Waals surface area contributed by atoms with Crippen LogP contribution in [0.15, 0.2) is 48.8 Å². The predicted octanol–water partition coefficient (Wildman–Crippen LogP) is 2.81. The number of pyridine rings is 2. The molecule has 4 rings (SSSR count). The maximum Gasteiger partial charge on any atom is 0.231 e. The van der Waals surface area contributed by atoms with Crippen molar-refractivity contribution in [3.63, 3.8) is 0 Å². The Kier molecular flexibility index (Phi) is 4.53. The molecule has 0 spiro atoms. The summed E-state index contributed by atoms with van der Waals surface area (Å²) in [5.41, 5.74) is 1.80. The van der Waals surface area contributed by atoms with E-state index in [2.05, 4.69) is 20.2 Å². The molecule has 0 saturated carbocycles. The number of nitrogens with zero attached hydrogens (tertiary/aromatic N) is 5. The van der Waals surface area contributed by atoms with Gasteiger partial charge in [0.1, 0.15) is 0 Å². The van der Waals surface area contributed by atoms with Gasteiger partial charge in [0.2, 0.25) is 17.8 Å². The van der Waals surface area contributed by atoms with E-state index < -0.39 is 17.8 Å². The van der Waals surface area contributed by atoms with Gasteiger partial charge < -0.3 is 0 Å². The number of anilines is 1. The summed E-state index contributed by atoms with van der Waals surface area (Å²) in [4.78, 5) is 21.4. The Morgan fingerprint density at radius 1 is 1.04 bits per heavy atom. The minimum absolute atomic E-state index is 0.148. The second-order valence-electron chi connectivity index (χ2n) is 6.28. The molecule has 3 aromatic rings. The monoisotopic (exact) mass is 367 g/mol. The Morgan fingerprint density at radius 2 is 1.85 bits per heavy atom. The van der Waals surface area contributed by atoms with Crippen LogP contribution in [0, 0.1) is 17.8 Å². The SMILES string of the molecule is O=C1[C@H](Cc2ccc(F)nc2F)CCN1c1ccc(-c2ccncc2)nn1. The van der Waals surface area contributed by atoms with Gasteiger partial charge in [-0.2, -0.15) is 13.8 Å². The van der Waals surface area contributed by atoms with Crippen LogP contribution in [0.4, 0.5) is 14.6 Å². The lowest BCUT2D eigenvalue weighted by Crippen LogP contribution is -2.28. The third-order valence-electron chi connectivity index (χ3n) is 4.58. The fraction of sp³-hybridized carbons (Fsp3) is 0.211. The smallest absolute Gasteiger partial charge is 0.231 e. The number of halogens is 2. The number of aromatic nitrogens is 4. The molecule has 1 amide bonds. The van der Waals surface area contributed by atoms with Gasteiger partial charge in [0.25, 0.3) is 0 Å². The molecule has 0 bridgehead atoms. The summed E-state index contributed by atoms with van der Waals surface area (Å²) in [5, 5.41) is 8.33. The molecule has 8 heteroatoms. The van der Waals surface area contributed by atoms with Crippen molar-refractivity contribution in [1.29, 1.82) is 0 Å². The topological polar surface area (TPSA) is 71.9 Å². The van der Waals surface area contributed by atoms with E-state index in [1.807, 2.05) is 12.1 Å². The fourth-order valence-corrected chi connectivity index (χ4v) is 3.16. The molecule has 0 aliphatic carbocycles. The molecule has 1 fully saturated rings. The van der Waals surface area contributed by atoms with E-state index in [9.17, 15) is 13.6 Å². The van der Waals surface area contributed by atoms with Crippen LogP contribution in [0.1, 0.15) is 12.0 Å². The van der Waals surface area contributed by atoms with E-state index in [0.717, 1.165) is 11.6 Å². The minimum atomic E-state index is -0.875. The van der Waals surface area contributed by atoms with E-state index in [1.54, 1.807) is 29.4 Å². The predicted molar refractivity (Wildman–Crippen MR) is 93.6 cm³/mol. The van der Waals surface area contributed by atoms with Gasteiger partial charge in [-0.25, -0.2) is 0 Å². The summed E-state index contributed by atoms with van der Waals surface area (Å²) in [5.74, 6) is -1.83. The second-order valence-corrected chi connectivity index (χ2v) is 6.28. The lowest BCUT2D eigenvalue weighted by Gasteiger charge is -2.15. The molecular weight excluding hydrogens is 352 g/mol. The standard InChI is InChI=1S/C19H15F2N5O/c20-16-3-1-13(18(21)23-16)11-14-7-10-26(19(14)27)17-4-2-15(24-25-17)12-5-8-22-9-6-12/h1-6,8-9,14H,7,10-11H2/t14-/m0/s1. The third-order valence-corrected chi connectivity index (χ3v) is 4.58. The van der Waals surface area contributed by atoms with Gasteiger partial charge in [-0.3, -0.25) is 14.7 Å². The summed E-state index contributed by atoms with van der Waals surface area (Å²) in [6.45, 7) is 0.475. The number of hydrogen-bond donors (Lipinski definition) is 0. The summed E-state index contributed by atoms with van der Waals surface area (Å²) in [6, 6.07) is 9.61. The van der Waals surface area contributed by atoms with Crippen molar-refractivity contribution in [3.8, 4) is 11.3 Å². The first-order valence-electron chi connectivity index (χ1n) is 8.48. The van der Waals surface area contributed by atoms with Gasteiger partial charge in [-0.05, 0) is 49.2 Å². The van der Waals surface area contributed by atoms with Gasteiger partial charge in [0.15, 0.2) is 5.82 Å². The largest absolute Gasteiger partial charge is 0.295 e. The van der Waals surface area contributed by atoms with Crippen LogP contribution in [0.5, 0.6) is 0 Å². The Morgan fingerprint density at radius 3 is 2.56 bits per heavy atom. The number of carbonyl (C=O) groups excluding carboxylic acids is 1. The molecule has 4 heterocycles. The van der Waals surface area contributed by atoms with E-state index >= 15 is 0 Å². The quantitative estimate of drug-likeness (QED) is 0.663. The first kappa shape index (κ1) is 17.1. The van der Waals surface area contributed by atoms with Crippen LogP contribution in [0.3, 0.4) is 0 Å². The molecule has 1 atom stereocenters. The van der Waals surface area contributed by atoms with Crippen LogP contribution >= 0.6 is 0 Å². The van der Waals surface area contributed by atoms with Crippen molar-refractivity contribution in [2.24, 2.45) is 5.92 Å². The summed E-state index contributed by atoms with van der Waals surface area (Å²) in [6.07, 6.45) is 4.08. The van der Waals surface area contributed by atoms with Crippen LogP contribution in [0.2, 0.25) is 0 Å². The molecule has 0 radical (unpaired) electrons. The molecule has 3 aromatic heterocycles. The molecule has 6 nitrogen and oxygen atoms in total. The average Bonchev–Trinajstić information content (AvgIpc) is 3.05. The number of hydrogen-bond acceptors (Lipinski definition) is 5. The highest BCUT2D eigenvalue weighted by Gasteiger charge is 2.34. The van der Waals surface area contributed by atoms with Crippen molar-refractivity contribution >= 4 is 11.7 Å². The average molecular weight is 367 g/mol. The zero-order chi connectivity index (χ0) is 18.8. The number of rotatable bonds is 4. The van der Waals surface area contributed by atoms with Crippen molar-refractivity contribution in [1.82, 2.24) is 20.2 Å². The lowest BCUT2D eigenvalue weighted by molar-refractivity contribution is -0.120. The van der Waals surface area contributed by atoms with E-state index in [4.69, 9.17) is 0 Å². The maximum atomic E-state index is 13.8. The molecule has 1 aliphatic rings. The van der Waals surface area contributed by atoms with Gasteiger partial charge in [0.05, 0.1) is 5.69 Å². The molecule has 0 N–H and O–H groups in total. The molecule has 1 aliphatic heterocycles.